The van der Waals surface area contributed by atoms with E-state index in [-0.39, 0.29) is 22.6 Å². The van der Waals surface area contributed by atoms with Gasteiger partial charge in [-0.15, -0.1) is 0 Å². The van der Waals surface area contributed by atoms with E-state index in [0.29, 0.717) is 11.3 Å². The van der Waals surface area contributed by atoms with Gasteiger partial charge < -0.3 is 5.32 Å². The second kappa shape index (κ2) is 7.13. The number of hydrogen-bond acceptors (Lipinski definition) is 3. The zero-order chi connectivity index (χ0) is 16.0. The third-order valence-electron chi connectivity index (χ3n) is 2.47. The van der Waals surface area contributed by atoms with Crippen molar-refractivity contribution < 1.29 is 18.0 Å². The summed E-state index contributed by atoms with van der Waals surface area (Å²) in [6.45, 7) is 0. The van der Waals surface area contributed by atoms with Gasteiger partial charge in [-0.3, -0.25) is 9.78 Å². The third-order valence-corrected chi connectivity index (χ3v) is 3.21. The number of carbonyl (C=O) groups is 1. The highest BCUT2D eigenvalue weighted by molar-refractivity contribution is 8.00. The summed E-state index contributed by atoms with van der Waals surface area (Å²) in [6, 6.07) is 9.13. The van der Waals surface area contributed by atoms with Gasteiger partial charge in [-0.05, 0) is 47.7 Å². The number of amides is 1. The minimum absolute atomic E-state index is 0.101. The number of hydrogen-bond donors (Lipinski definition) is 1. The molecule has 0 spiro atoms. The van der Waals surface area contributed by atoms with Crippen molar-refractivity contribution >= 4 is 29.4 Å². The summed E-state index contributed by atoms with van der Waals surface area (Å²) < 4.78 is 36.6. The van der Waals surface area contributed by atoms with Crippen molar-refractivity contribution in [2.24, 2.45) is 0 Å². The number of nitrogens with one attached hydrogen (secondary N) is 1. The molecule has 1 amide bonds. The van der Waals surface area contributed by atoms with Crippen LogP contribution in [0.4, 0.5) is 18.9 Å². The quantitative estimate of drug-likeness (QED) is 0.672. The first-order valence-electron chi connectivity index (χ1n) is 6.17. The Hall–Kier alpha value is -2.28. The Morgan fingerprint density at radius 3 is 2.50 bits per heavy atom. The molecule has 1 heterocycles. The first-order valence-corrected chi connectivity index (χ1v) is 6.99. The predicted molar refractivity (Wildman–Crippen MR) is 80.3 cm³/mol. The highest BCUT2D eigenvalue weighted by Crippen LogP contribution is 2.36. The number of alkyl halides is 3. The number of carbonyl (C=O) groups excluding carboxylic acids is 1. The lowest BCUT2D eigenvalue weighted by Gasteiger charge is -2.05. The number of pyridine rings is 1. The second-order valence-electron chi connectivity index (χ2n) is 4.18. The number of thioether (sulfide) groups is 1. The van der Waals surface area contributed by atoms with Crippen LogP contribution in [-0.2, 0) is 4.79 Å². The molecule has 1 aromatic heterocycles. The molecule has 0 aliphatic heterocycles. The van der Waals surface area contributed by atoms with Gasteiger partial charge >= 0.3 is 5.51 Å². The topological polar surface area (TPSA) is 42.0 Å². The smallest absolute Gasteiger partial charge is 0.321 e. The highest BCUT2D eigenvalue weighted by atomic mass is 32.2. The number of anilines is 1. The number of aromatic nitrogens is 1. The van der Waals surface area contributed by atoms with Crippen molar-refractivity contribution in [3.63, 3.8) is 0 Å². The molecule has 2 aromatic rings. The van der Waals surface area contributed by atoms with E-state index in [1.807, 2.05) is 0 Å². The van der Waals surface area contributed by atoms with Crippen LogP contribution in [-0.4, -0.2) is 16.4 Å². The van der Waals surface area contributed by atoms with E-state index >= 15 is 0 Å². The Morgan fingerprint density at radius 2 is 1.91 bits per heavy atom. The van der Waals surface area contributed by atoms with Gasteiger partial charge in [-0.2, -0.15) is 13.2 Å². The number of nitrogens with zero attached hydrogens (tertiary/aromatic N) is 1. The van der Waals surface area contributed by atoms with Gasteiger partial charge in [0.2, 0.25) is 5.91 Å². The van der Waals surface area contributed by atoms with E-state index in [1.54, 1.807) is 18.3 Å². The van der Waals surface area contributed by atoms with Gasteiger partial charge in [0, 0.05) is 17.2 Å². The summed E-state index contributed by atoms with van der Waals surface area (Å²) in [6.07, 6.45) is 5.92. The molecular formula is C15H11F3N2OS. The molecule has 0 fully saturated rings. The van der Waals surface area contributed by atoms with Crippen LogP contribution in [0.15, 0.2) is 59.8 Å². The SMILES string of the molecule is O=C(C=Cc1ccc(SC(F)(F)F)cc1)Nc1cccnc1. The van der Waals surface area contributed by atoms with Crippen molar-refractivity contribution in [1.29, 1.82) is 0 Å². The van der Waals surface area contributed by atoms with Crippen LogP contribution in [0.3, 0.4) is 0 Å². The summed E-state index contributed by atoms with van der Waals surface area (Å²) in [4.78, 5) is 15.6. The van der Waals surface area contributed by atoms with Crippen LogP contribution in [0.2, 0.25) is 0 Å². The van der Waals surface area contributed by atoms with Crippen molar-refractivity contribution in [2.45, 2.75) is 10.4 Å². The molecular weight excluding hydrogens is 313 g/mol. The Balaban J connectivity index is 1.94. The maximum Gasteiger partial charge on any atom is 0.446 e. The van der Waals surface area contributed by atoms with Gasteiger partial charge in [0.1, 0.15) is 0 Å². The Bertz CT molecular complexity index is 655. The molecule has 3 nitrogen and oxygen atoms in total. The molecule has 2 rings (SSSR count). The Morgan fingerprint density at radius 1 is 1.18 bits per heavy atom. The maximum absolute atomic E-state index is 12.2. The maximum atomic E-state index is 12.2. The molecule has 0 atom stereocenters. The van der Waals surface area contributed by atoms with Gasteiger partial charge in [0.15, 0.2) is 0 Å². The van der Waals surface area contributed by atoms with Crippen LogP contribution in [0.5, 0.6) is 0 Å². The summed E-state index contributed by atoms with van der Waals surface area (Å²) in [5.41, 5.74) is -3.11. The zero-order valence-corrected chi connectivity index (χ0v) is 12.0. The van der Waals surface area contributed by atoms with E-state index in [9.17, 15) is 18.0 Å². The van der Waals surface area contributed by atoms with Crippen LogP contribution in [0, 0.1) is 0 Å². The molecule has 22 heavy (non-hydrogen) atoms. The Kier molecular flexibility index (Phi) is 5.21. The lowest BCUT2D eigenvalue weighted by Crippen LogP contribution is -2.07. The van der Waals surface area contributed by atoms with E-state index < -0.39 is 5.51 Å². The molecule has 0 saturated carbocycles. The van der Waals surface area contributed by atoms with Crippen LogP contribution in [0.25, 0.3) is 6.08 Å². The summed E-state index contributed by atoms with van der Waals surface area (Å²) >= 11 is -0.175. The molecule has 0 bridgehead atoms. The molecule has 0 saturated heterocycles. The Labute approximate surface area is 129 Å². The van der Waals surface area contributed by atoms with Gasteiger partial charge in [-0.25, -0.2) is 0 Å². The van der Waals surface area contributed by atoms with Crippen LogP contribution in [0.1, 0.15) is 5.56 Å². The largest absolute Gasteiger partial charge is 0.446 e. The fraction of sp³-hybridized carbons (Fsp3) is 0.0667. The minimum Gasteiger partial charge on any atom is -0.321 e. The van der Waals surface area contributed by atoms with E-state index in [0.717, 1.165) is 0 Å². The normalized spacial score (nSPS) is 11.6. The molecule has 114 valence electrons. The molecule has 1 aromatic carbocycles. The van der Waals surface area contributed by atoms with Crippen molar-refractivity contribution in [1.82, 2.24) is 4.98 Å². The van der Waals surface area contributed by atoms with Crippen LogP contribution >= 0.6 is 11.8 Å². The van der Waals surface area contributed by atoms with E-state index in [1.165, 1.54) is 42.6 Å². The molecule has 0 radical (unpaired) electrons. The monoisotopic (exact) mass is 324 g/mol. The first-order chi connectivity index (χ1) is 10.4. The number of halogens is 3. The van der Waals surface area contributed by atoms with Gasteiger partial charge in [0.05, 0.1) is 11.9 Å². The fourth-order valence-electron chi connectivity index (χ4n) is 1.57. The van der Waals surface area contributed by atoms with Crippen molar-refractivity contribution in [2.75, 3.05) is 5.32 Å². The second-order valence-corrected chi connectivity index (χ2v) is 5.32. The van der Waals surface area contributed by atoms with E-state index in [4.69, 9.17) is 0 Å². The average molecular weight is 324 g/mol. The minimum atomic E-state index is -4.30. The van der Waals surface area contributed by atoms with Crippen molar-refractivity contribution in [3.05, 3.63) is 60.4 Å². The highest BCUT2D eigenvalue weighted by Gasteiger charge is 2.28. The zero-order valence-electron chi connectivity index (χ0n) is 11.2. The summed E-state index contributed by atoms with van der Waals surface area (Å²) in [5, 5.41) is 2.61. The predicted octanol–water partition coefficient (Wildman–Crippen LogP) is 4.35. The molecule has 0 aliphatic rings. The van der Waals surface area contributed by atoms with Gasteiger partial charge in [-0.1, -0.05) is 12.1 Å². The standard InChI is InChI=1S/C15H11F3N2OS/c16-15(17,18)22-13-6-3-11(4-7-13)5-8-14(21)20-12-2-1-9-19-10-12/h1-10H,(H,20,21). The lowest BCUT2D eigenvalue weighted by molar-refractivity contribution is -0.111. The van der Waals surface area contributed by atoms with E-state index in [2.05, 4.69) is 10.3 Å². The molecule has 1 N–H and O–H groups in total. The van der Waals surface area contributed by atoms with Crippen molar-refractivity contribution in [3.8, 4) is 0 Å². The fourth-order valence-corrected chi connectivity index (χ4v) is 2.11. The summed E-state index contributed by atoms with van der Waals surface area (Å²) in [5.74, 6) is -0.346. The third kappa shape index (κ3) is 5.61. The number of benzene rings is 1. The molecule has 0 unspecified atom stereocenters. The number of rotatable bonds is 4. The first kappa shape index (κ1) is 16.1. The lowest BCUT2D eigenvalue weighted by atomic mass is 10.2. The molecule has 0 aliphatic carbocycles. The summed E-state index contributed by atoms with van der Waals surface area (Å²) in [7, 11) is 0. The average Bonchev–Trinajstić information content (AvgIpc) is 2.46. The van der Waals surface area contributed by atoms with Crippen LogP contribution < -0.4 is 5.32 Å². The van der Waals surface area contributed by atoms with Gasteiger partial charge in [0.25, 0.3) is 0 Å². The molecule has 7 heteroatoms.